The van der Waals surface area contributed by atoms with Gasteiger partial charge in [-0.2, -0.15) is 0 Å². The van der Waals surface area contributed by atoms with Crippen LogP contribution in [0.4, 0.5) is 49.1 Å². The fourth-order valence-electron chi connectivity index (χ4n) is 8.21. The van der Waals surface area contributed by atoms with E-state index in [9.17, 15) is 45.5 Å². The minimum absolute atomic E-state index is 0.177. The number of nitrogens with zero attached hydrogens (tertiary/aromatic N) is 2. The normalized spacial score (nSPS) is 15.0. The predicted octanol–water partition coefficient (Wildman–Crippen LogP) is 11.5. The topological polar surface area (TPSA) is 151 Å². The van der Waals surface area contributed by atoms with Gasteiger partial charge in [0, 0.05) is 35.6 Å². The number of carbonyl (C=O) groups excluding carboxylic acids is 4. The summed E-state index contributed by atoms with van der Waals surface area (Å²) in [5.74, 6) is -2.99. The Morgan fingerprint density at radius 3 is 1.22 bits per heavy atom. The maximum Gasteiger partial charge on any atom is 0.573 e. The second-order valence-corrected chi connectivity index (χ2v) is 17.4. The predicted molar refractivity (Wildman–Crippen MR) is 270 cm³/mol. The number of benzene rings is 6. The fraction of sp³-hybridized carbons (Fsp3) is 0.273. The number of piperidine rings is 1. The minimum atomic E-state index is -4.96. The van der Waals surface area contributed by atoms with Crippen molar-refractivity contribution >= 4 is 46.4 Å². The first-order valence-corrected chi connectivity index (χ1v) is 23.8. The zero-order valence-electron chi connectivity index (χ0n) is 40.4. The summed E-state index contributed by atoms with van der Waals surface area (Å²) in [6, 6.07) is 39.3. The number of morpholine rings is 1. The monoisotopic (exact) mass is 1020 g/mol. The lowest BCUT2D eigenvalue weighted by molar-refractivity contribution is -0.275. The van der Waals surface area contributed by atoms with Crippen molar-refractivity contribution in [2.45, 2.75) is 57.9 Å². The standard InChI is InChI=1S/C28H28F3N3O3.C27H26F3N3O4/c1-19(34-16-6-3-7-17-34)26(35)33-24-18-23(14-15-25(24)37-28(29,30)31)32-27(36)22-12-10-21(11-13-22)20-8-4-2-5-9-20;1-18(33-13-15-36-16-14-33)25(34)32-23-17-22(11-12-24(23)37-27(28,29)30)31-26(35)21-9-7-20(8-10-21)19-5-3-2-4-6-19/h2,4-5,8-15,18-19H,3,6-7,16-17H2,1H3,(H,32,36)(H,33,35);2-12,17-18H,13-16H2,1H3,(H,31,35)(H,32,34)/t19-;18-/m01/s1. The molecule has 6 aromatic carbocycles. The van der Waals surface area contributed by atoms with Crippen LogP contribution in [0.3, 0.4) is 0 Å². The Morgan fingerprint density at radius 2 is 0.838 bits per heavy atom. The van der Waals surface area contributed by atoms with Crippen molar-refractivity contribution in [3.8, 4) is 33.8 Å². The zero-order valence-corrected chi connectivity index (χ0v) is 40.4. The van der Waals surface area contributed by atoms with Crippen LogP contribution in [0.2, 0.25) is 0 Å². The number of alkyl halides is 6. The van der Waals surface area contributed by atoms with Crippen LogP contribution in [0.25, 0.3) is 22.3 Å². The van der Waals surface area contributed by atoms with Crippen molar-refractivity contribution in [1.29, 1.82) is 0 Å². The molecule has 0 saturated carbocycles. The number of anilines is 4. The highest BCUT2D eigenvalue weighted by atomic mass is 19.4. The van der Waals surface area contributed by atoms with E-state index in [-0.39, 0.29) is 22.7 Å². The van der Waals surface area contributed by atoms with Crippen molar-refractivity contribution in [1.82, 2.24) is 9.80 Å². The Bertz CT molecular complexity index is 2650. The molecule has 2 heterocycles. The lowest BCUT2D eigenvalue weighted by Crippen LogP contribution is -2.47. The van der Waals surface area contributed by atoms with Gasteiger partial charge in [-0.05, 0) is 123 Å². The van der Waals surface area contributed by atoms with E-state index in [2.05, 4.69) is 30.7 Å². The Balaban J connectivity index is 0.000000216. The molecule has 6 aromatic rings. The molecule has 0 unspecified atom stereocenters. The molecule has 0 aliphatic carbocycles. The van der Waals surface area contributed by atoms with Crippen molar-refractivity contribution in [2.24, 2.45) is 0 Å². The number of carbonyl (C=O) groups is 4. The van der Waals surface area contributed by atoms with E-state index in [1.165, 1.54) is 24.3 Å². The van der Waals surface area contributed by atoms with E-state index >= 15 is 0 Å². The molecule has 19 heteroatoms. The van der Waals surface area contributed by atoms with E-state index in [0.29, 0.717) is 37.4 Å². The van der Waals surface area contributed by atoms with Gasteiger partial charge in [-0.3, -0.25) is 29.0 Å². The molecule has 0 spiro atoms. The molecular weight excluding hydrogens is 971 g/mol. The molecule has 4 N–H and O–H groups in total. The van der Waals surface area contributed by atoms with Crippen molar-refractivity contribution in [3.05, 3.63) is 157 Å². The quantitative estimate of drug-likeness (QED) is 0.0782. The van der Waals surface area contributed by atoms with E-state index < -0.39 is 59.9 Å². The summed E-state index contributed by atoms with van der Waals surface area (Å²) < 4.78 is 91.4. The summed E-state index contributed by atoms with van der Waals surface area (Å²) in [5.41, 5.74) is 4.65. The summed E-state index contributed by atoms with van der Waals surface area (Å²) in [5, 5.41) is 10.4. The van der Waals surface area contributed by atoms with E-state index in [4.69, 9.17) is 4.74 Å². The summed E-state index contributed by atoms with van der Waals surface area (Å²) in [4.78, 5) is 55.1. The van der Waals surface area contributed by atoms with E-state index in [0.717, 1.165) is 66.7 Å². The maximum absolute atomic E-state index is 13.0. The van der Waals surface area contributed by atoms with Crippen LogP contribution in [-0.2, 0) is 14.3 Å². The van der Waals surface area contributed by atoms with E-state index in [1.807, 2.05) is 94.7 Å². The van der Waals surface area contributed by atoms with Crippen LogP contribution in [0.5, 0.6) is 11.5 Å². The average Bonchev–Trinajstić information content (AvgIpc) is 3.40. The van der Waals surface area contributed by atoms with Gasteiger partial charge in [-0.15, -0.1) is 26.3 Å². The van der Waals surface area contributed by atoms with Gasteiger partial charge in [0.2, 0.25) is 11.8 Å². The fourth-order valence-corrected chi connectivity index (χ4v) is 8.21. The largest absolute Gasteiger partial charge is 0.573 e. The molecule has 8 rings (SSSR count). The van der Waals surface area contributed by atoms with Gasteiger partial charge in [0.1, 0.15) is 0 Å². The first-order chi connectivity index (χ1) is 35.4. The molecule has 0 bridgehead atoms. The smallest absolute Gasteiger partial charge is 0.404 e. The minimum Gasteiger partial charge on any atom is -0.404 e. The molecule has 4 amide bonds. The van der Waals surface area contributed by atoms with Crippen molar-refractivity contribution in [2.75, 3.05) is 60.7 Å². The second kappa shape index (κ2) is 24.8. The van der Waals surface area contributed by atoms with Gasteiger partial charge in [0.15, 0.2) is 11.5 Å². The molecule has 2 aliphatic heterocycles. The van der Waals surface area contributed by atoms with Crippen LogP contribution < -0.4 is 30.7 Å². The molecule has 0 radical (unpaired) electrons. The maximum atomic E-state index is 13.0. The summed E-state index contributed by atoms with van der Waals surface area (Å²) in [6.45, 7) is 6.87. The van der Waals surface area contributed by atoms with Crippen LogP contribution in [0, 0.1) is 0 Å². The lowest BCUT2D eigenvalue weighted by atomic mass is 10.0. The number of amides is 4. The Morgan fingerprint density at radius 1 is 0.473 bits per heavy atom. The van der Waals surface area contributed by atoms with Gasteiger partial charge in [0.05, 0.1) is 36.7 Å². The van der Waals surface area contributed by atoms with Crippen LogP contribution in [0.1, 0.15) is 53.8 Å². The number of hydrogen-bond acceptors (Lipinski definition) is 9. The number of likely N-dealkylation sites (tertiary alicyclic amines) is 1. The Kier molecular flexibility index (Phi) is 18.1. The van der Waals surface area contributed by atoms with Crippen molar-refractivity contribution < 1.29 is 59.7 Å². The lowest BCUT2D eigenvalue weighted by Gasteiger charge is -2.31. The third kappa shape index (κ3) is 15.6. The molecule has 0 aromatic heterocycles. The SMILES string of the molecule is C[C@@H](C(=O)Nc1cc(NC(=O)c2ccc(-c3ccccc3)cc2)ccc1OC(F)(F)F)N1CCCCC1.C[C@H](C(=O)Nc1cc(NC(=O)c2ccc(-c3ccccc3)cc2)ccc1OC(F)(F)F)N1CCOCC1. The van der Waals surface area contributed by atoms with Crippen LogP contribution in [0.15, 0.2) is 146 Å². The molecular formula is C55H54F6N6O7. The van der Waals surface area contributed by atoms with Crippen LogP contribution in [-0.4, -0.2) is 97.6 Å². The van der Waals surface area contributed by atoms with Crippen molar-refractivity contribution in [3.63, 3.8) is 0 Å². The van der Waals surface area contributed by atoms with Gasteiger partial charge in [-0.1, -0.05) is 91.3 Å². The highest BCUT2D eigenvalue weighted by molar-refractivity contribution is 6.06. The van der Waals surface area contributed by atoms with Gasteiger partial charge >= 0.3 is 12.7 Å². The highest BCUT2D eigenvalue weighted by Gasteiger charge is 2.34. The first-order valence-electron chi connectivity index (χ1n) is 23.8. The summed E-state index contributed by atoms with van der Waals surface area (Å²) in [7, 11) is 0. The molecule has 2 atom stereocenters. The van der Waals surface area contributed by atoms with Gasteiger partial charge in [-0.25, -0.2) is 0 Å². The number of ether oxygens (including phenoxy) is 3. The van der Waals surface area contributed by atoms with E-state index in [1.54, 1.807) is 38.1 Å². The second-order valence-electron chi connectivity index (χ2n) is 17.4. The van der Waals surface area contributed by atoms with Gasteiger partial charge in [0.25, 0.3) is 11.8 Å². The number of halogens is 6. The molecule has 2 aliphatic rings. The molecule has 74 heavy (non-hydrogen) atoms. The molecule has 2 saturated heterocycles. The third-order valence-corrected chi connectivity index (χ3v) is 12.2. The summed E-state index contributed by atoms with van der Waals surface area (Å²) >= 11 is 0. The third-order valence-electron chi connectivity index (χ3n) is 12.2. The van der Waals surface area contributed by atoms with Crippen LogP contribution >= 0.6 is 0 Å². The summed E-state index contributed by atoms with van der Waals surface area (Å²) in [6.07, 6.45) is -6.88. The average molecular weight is 1030 g/mol. The Hall–Kier alpha value is -7.74. The Labute approximate surface area is 423 Å². The molecule has 2 fully saturated rings. The number of rotatable bonds is 14. The highest BCUT2D eigenvalue weighted by Crippen LogP contribution is 2.35. The van der Waals surface area contributed by atoms with Gasteiger partial charge < -0.3 is 35.5 Å². The molecule has 388 valence electrons. The first kappa shape index (κ1) is 54.0. The molecule has 13 nitrogen and oxygen atoms in total. The number of hydrogen-bond donors (Lipinski definition) is 4. The zero-order chi connectivity index (χ0) is 52.8. The number of nitrogens with one attached hydrogen (secondary N) is 4.